The van der Waals surface area contributed by atoms with Crippen LogP contribution in [0.2, 0.25) is 0 Å². The molecule has 0 radical (unpaired) electrons. The summed E-state index contributed by atoms with van der Waals surface area (Å²) in [6.07, 6.45) is 0. The number of ether oxygens (including phenoxy) is 1. The van der Waals surface area contributed by atoms with E-state index in [0.717, 1.165) is 11.1 Å². The van der Waals surface area contributed by atoms with E-state index in [1.807, 2.05) is 49.4 Å². The highest BCUT2D eigenvalue weighted by Gasteiger charge is 2.27. The number of benzene rings is 2. The first-order valence-corrected chi connectivity index (χ1v) is 8.18. The van der Waals surface area contributed by atoms with Crippen molar-refractivity contribution in [3.63, 3.8) is 0 Å². The van der Waals surface area contributed by atoms with Gasteiger partial charge in [0.15, 0.2) is 6.61 Å². The summed E-state index contributed by atoms with van der Waals surface area (Å²) < 4.78 is 5.45. The molecule has 0 fully saturated rings. The number of hydrogen-bond donors (Lipinski definition) is 2. The van der Waals surface area contributed by atoms with Crippen LogP contribution in [0.25, 0.3) is 0 Å². The molecule has 1 heterocycles. The summed E-state index contributed by atoms with van der Waals surface area (Å²) in [7, 11) is 0. The largest absolute Gasteiger partial charge is 0.482 e. The number of hydrogen-bond acceptors (Lipinski definition) is 4. The molecule has 1 aliphatic rings. The maximum Gasteiger partial charge on any atom is 0.265 e. The van der Waals surface area contributed by atoms with Crippen LogP contribution in [-0.2, 0) is 16.1 Å². The zero-order valence-corrected chi connectivity index (χ0v) is 14.1. The molecular formula is C19H21N3O3. The Hall–Kier alpha value is -2.86. The molecule has 0 aliphatic carbocycles. The molecule has 0 aromatic heterocycles. The highest BCUT2D eigenvalue weighted by molar-refractivity contribution is 6.02. The first-order valence-electron chi connectivity index (χ1n) is 8.18. The summed E-state index contributed by atoms with van der Waals surface area (Å²) >= 11 is 0. The van der Waals surface area contributed by atoms with Crippen LogP contribution in [0.4, 0.5) is 5.69 Å². The topological polar surface area (TPSA) is 84.7 Å². The van der Waals surface area contributed by atoms with Crippen LogP contribution in [0.3, 0.4) is 0 Å². The first-order chi connectivity index (χ1) is 12.0. The van der Waals surface area contributed by atoms with Gasteiger partial charge in [0.05, 0.1) is 5.69 Å². The molecule has 0 saturated carbocycles. The van der Waals surface area contributed by atoms with E-state index in [2.05, 4.69) is 5.32 Å². The Morgan fingerprint density at radius 1 is 1.28 bits per heavy atom. The highest BCUT2D eigenvalue weighted by Crippen LogP contribution is 2.34. The molecule has 2 aromatic rings. The van der Waals surface area contributed by atoms with Crippen LogP contribution < -0.4 is 20.7 Å². The average molecular weight is 339 g/mol. The molecule has 0 saturated heterocycles. The number of nitrogens with two attached hydrogens (primary N) is 1. The van der Waals surface area contributed by atoms with Crippen LogP contribution in [0, 0.1) is 0 Å². The highest BCUT2D eigenvalue weighted by atomic mass is 16.5. The molecule has 130 valence electrons. The number of carbonyl (C=O) groups excluding carboxylic acids is 2. The summed E-state index contributed by atoms with van der Waals surface area (Å²) in [5, 5.41) is 2.84. The number of rotatable bonds is 5. The van der Waals surface area contributed by atoms with Crippen molar-refractivity contribution in [3.05, 3.63) is 59.7 Å². The van der Waals surface area contributed by atoms with Gasteiger partial charge in [-0.3, -0.25) is 14.5 Å². The van der Waals surface area contributed by atoms with Crippen LogP contribution in [0.15, 0.2) is 48.5 Å². The van der Waals surface area contributed by atoms with Crippen LogP contribution >= 0.6 is 0 Å². The van der Waals surface area contributed by atoms with E-state index < -0.39 is 0 Å². The van der Waals surface area contributed by atoms with E-state index in [0.29, 0.717) is 18.0 Å². The fourth-order valence-electron chi connectivity index (χ4n) is 2.67. The lowest BCUT2D eigenvalue weighted by Gasteiger charge is -2.29. The fourth-order valence-corrected chi connectivity index (χ4v) is 2.67. The first kappa shape index (κ1) is 17.0. The summed E-state index contributed by atoms with van der Waals surface area (Å²) in [4.78, 5) is 26.0. The molecule has 2 aromatic carbocycles. The van der Waals surface area contributed by atoms with E-state index in [9.17, 15) is 9.59 Å². The van der Waals surface area contributed by atoms with Gasteiger partial charge in [0.25, 0.3) is 5.91 Å². The number of nitrogens with one attached hydrogen (secondary N) is 1. The Labute approximate surface area is 146 Å². The van der Waals surface area contributed by atoms with Crippen molar-refractivity contribution in [1.82, 2.24) is 5.32 Å². The summed E-state index contributed by atoms with van der Waals surface area (Å²) in [6.45, 7) is 2.16. The van der Waals surface area contributed by atoms with Crippen LogP contribution in [-0.4, -0.2) is 25.0 Å². The fraction of sp³-hybridized carbons (Fsp3) is 0.263. The SMILES string of the molecule is CC(N)c1ccc2c(c1)N(CC(=O)NCc1ccccc1)C(=O)CO2. The van der Waals surface area contributed by atoms with Gasteiger partial charge in [0.1, 0.15) is 12.3 Å². The average Bonchev–Trinajstić information content (AvgIpc) is 2.63. The van der Waals surface area contributed by atoms with E-state index >= 15 is 0 Å². The molecule has 6 nitrogen and oxygen atoms in total. The van der Waals surface area contributed by atoms with E-state index in [1.165, 1.54) is 4.90 Å². The minimum absolute atomic E-state index is 0.0512. The van der Waals surface area contributed by atoms with Gasteiger partial charge in [-0.1, -0.05) is 36.4 Å². The summed E-state index contributed by atoms with van der Waals surface area (Å²) in [5.41, 5.74) is 8.39. The third kappa shape index (κ3) is 3.97. The van der Waals surface area contributed by atoms with Gasteiger partial charge in [-0.25, -0.2) is 0 Å². The quantitative estimate of drug-likeness (QED) is 0.869. The third-order valence-electron chi connectivity index (χ3n) is 4.09. The van der Waals surface area contributed by atoms with Crippen molar-refractivity contribution >= 4 is 17.5 Å². The second-order valence-electron chi connectivity index (χ2n) is 6.05. The van der Waals surface area contributed by atoms with Gasteiger partial charge in [0.2, 0.25) is 5.91 Å². The molecule has 6 heteroatoms. The van der Waals surface area contributed by atoms with Gasteiger partial charge in [-0.15, -0.1) is 0 Å². The Morgan fingerprint density at radius 2 is 2.04 bits per heavy atom. The van der Waals surface area contributed by atoms with Crippen molar-refractivity contribution in [3.8, 4) is 5.75 Å². The van der Waals surface area contributed by atoms with Crippen LogP contribution in [0.5, 0.6) is 5.75 Å². The van der Waals surface area contributed by atoms with Crippen molar-refractivity contribution in [2.45, 2.75) is 19.5 Å². The Kier molecular flexibility index (Phi) is 5.00. The van der Waals surface area contributed by atoms with Crippen molar-refractivity contribution in [2.75, 3.05) is 18.1 Å². The van der Waals surface area contributed by atoms with Crippen LogP contribution in [0.1, 0.15) is 24.1 Å². The predicted molar refractivity (Wildman–Crippen MR) is 95.2 cm³/mol. The van der Waals surface area contributed by atoms with Gasteiger partial charge < -0.3 is 15.8 Å². The molecule has 0 bridgehead atoms. The Balaban J connectivity index is 1.72. The summed E-state index contributed by atoms with van der Waals surface area (Å²) in [5.74, 6) is 0.111. The van der Waals surface area contributed by atoms with E-state index in [4.69, 9.17) is 10.5 Å². The predicted octanol–water partition coefficient (Wildman–Crippen LogP) is 1.75. The van der Waals surface area contributed by atoms with E-state index in [1.54, 1.807) is 6.07 Å². The number of nitrogens with zero attached hydrogens (tertiary/aromatic N) is 1. The zero-order chi connectivity index (χ0) is 17.8. The minimum Gasteiger partial charge on any atom is -0.482 e. The zero-order valence-electron chi connectivity index (χ0n) is 14.1. The lowest BCUT2D eigenvalue weighted by molar-refractivity contribution is -0.125. The van der Waals surface area contributed by atoms with Crippen molar-refractivity contribution < 1.29 is 14.3 Å². The normalized spacial score (nSPS) is 14.5. The molecule has 3 N–H and O–H groups in total. The number of carbonyl (C=O) groups is 2. The number of amides is 2. The molecular weight excluding hydrogens is 318 g/mol. The Morgan fingerprint density at radius 3 is 2.76 bits per heavy atom. The Bertz CT molecular complexity index is 775. The van der Waals surface area contributed by atoms with Crippen molar-refractivity contribution in [1.29, 1.82) is 0 Å². The third-order valence-corrected chi connectivity index (χ3v) is 4.09. The molecule has 2 amide bonds. The maximum atomic E-state index is 12.3. The maximum absolute atomic E-state index is 12.3. The molecule has 25 heavy (non-hydrogen) atoms. The second kappa shape index (κ2) is 7.36. The number of fused-ring (bicyclic) bond motifs is 1. The standard InChI is InChI=1S/C19H21N3O3/c1-13(20)15-7-8-17-16(9-15)22(19(24)12-25-17)11-18(23)21-10-14-5-3-2-4-6-14/h2-9,13H,10-12,20H2,1H3,(H,21,23). The molecule has 1 unspecified atom stereocenters. The van der Waals surface area contributed by atoms with Gasteiger partial charge in [-0.2, -0.15) is 0 Å². The molecule has 3 rings (SSSR count). The molecule has 1 aliphatic heterocycles. The van der Waals surface area contributed by atoms with Gasteiger partial charge >= 0.3 is 0 Å². The van der Waals surface area contributed by atoms with Gasteiger partial charge in [0, 0.05) is 12.6 Å². The van der Waals surface area contributed by atoms with Gasteiger partial charge in [-0.05, 0) is 30.2 Å². The lowest BCUT2D eigenvalue weighted by Crippen LogP contribution is -2.45. The molecule has 1 atom stereocenters. The smallest absolute Gasteiger partial charge is 0.265 e. The van der Waals surface area contributed by atoms with E-state index in [-0.39, 0.29) is 31.0 Å². The monoisotopic (exact) mass is 339 g/mol. The summed E-state index contributed by atoms with van der Waals surface area (Å²) in [6, 6.07) is 14.9. The minimum atomic E-state index is -0.246. The number of anilines is 1. The molecule has 0 spiro atoms. The lowest BCUT2D eigenvalue weighted by atomic mass is 10.1. The second-order valence-corrected chi connectivity index (χ2v) is 6.05. The van der Waals surface area contributed by atoms with Crippen molar-refractivity contribution in [2.24, 2.45) is 5.73 Å².